The number of hydrogen-bond acceptors (Lipinski definition) is 5. The van der Waals surface area contributed by atoms with E-state index in [1.54, 1.807) is 6.21 Å². The summed E-state index contributed by atoms with van der Waals surface area (Å²) in [5.74, 6) is 0. The second-order valence-corrected chi connectivity index (χ2v) is 2.58. The lowest BCUT2D eigenvalue weighted by Gasteiger charge is -2.16. The van der Waals surface area contributed by atoms with Gasteiger partial charge in [-0.25, -0.2) is 0 Å². The van der Waals surface area contributed by atoms with Crippen LogP contribution in [0.1, 0.15) is 19.8 Å². The molecule has 0 aromatic heterocycles. The third kappa shape index (κ3) is 7.70. The van der Waals surface area contributed by atoms with Crippen molar-refractivity contribution >= 4 is 6.21 Å². The fourth-order valence-corrected chi connectivity index (χ4v) is 0.899. The Morgan fingerprint density at radius 2 is 2.23 bits per heavy atom. The van der Waals surface area contributed by atoms with Crippen LogP contribution in [-0.2, 0) is 9.57 Å². The van der Waals surface area contributed by atoms with E-state index in [2.05, 4.69) is 9.99 Å². The molecule has 0 saturated heterocycles. The maximum Gasteiger partial charge on any atom is 0.152 e. The molecule has 0 saturated carbocycles. The molecule has 2 atom stereocenters. The van der Waals surface area contributed by atoms with E-state index < -0.39 is 6.29 Å². The minimum absolute atomic E-state index is 0.0260. The first-order valence-corrected chi connectivity index (χ1v) is 4.20. The van der Waals surface area contributed by atoms with Gasteiger partial charge in [-0.2, -0.15) is 0 Å². The van der Waals surface area contributed by atoms with Crippen molar-refractivity contribution in [1.29, 1.82) is 0 Å². The Morgan fingerprint density at radius 1 is 1.54 bits per heavy atom. The molecular weight excluding hydrogens is 174 g/mol. The molecular formula is C8H17NO4. The van der Waals surface area contributed by atoms with E-state index in [9.17, 15) is 0 Å². The Kier molecular flexibility index (Phi) is 7.57. The van der Waals surface area contributed by atoms with Crippen LogP contribution in [0.3, 0.4) is 0 Å². The van der Waals surface area contributed by atoms with Crippen LogP contribution in [-0.4, -0.2) is 42.5 Å². The molecule has 0 rings (SSSR count). The summed E-state index contributed by atoms with van der Waals surface area (Å²) < 4.78 is 5.09. The summed E-state index contributed by atoms with van der Waals surface area (Å²) in [4.78, 5) is 4.46. The third-order valence-corrected chi connectivity index (χ3v) is 1.39. The van der Waals surface area contributed by atoms with Crippen LogP contribution in [0.15, 0.2) is 5.16 Å². The molecule has 0 aliphatic heterocycles. The molecule has 5 heteroatoms. The van der Waals surface area contributed by atoms with Crippen LogP contribution in [0.4, 0.5) is 0 Å². The van der Waals surface area contributed by atoms with Gasteiger partial charge in [0, 0.05) is 19.2 Å². The maximum absolute atomic E-state index is 8.93. The SMILES string of the molecule is CO/N=C/CC(CCO)OC(C)O. The Balaban J connectivity index is 3.72. The predicted octanol–water partition coefficient (Wildman–Crippen LogP) is 0.115. The van der Waals surface area contributed by atoms with Gasteiger partial charge in [-0.1, -0.05) is 5.16 Å². The Bertz CT molecular complexity index is 138. The van der Waals surface area contributed by atoms with Gasteiger partial charge >= 0.3 is 0 Å². The van der Waals surface area contributed by atoms with Gasteiger partial charge in [-0.15, -0.1) is 0 Å². The normalized spacial score (nSPS) is 16.0. The van der Waals surface area contributed by atoms with Crippen LogP contribution in [0, 0.1) is 0 Å². The lowest BCUT2D eigenvalue weighted by atomic mass is 10.2. The minimum atomic E-state index is -0.826. The number of hydrogen-bond donors (Lipinski definition) is 2. The Hall–Kier alpha value is -0.650. The highest BCUT2D eigenvalue weighted by Crippen LogP contribution is 2.04. The highest BCUT2D eigenvalue weighted by atomic mass is 16.6. The van der Waals surface area contributed by atoms with Crippen LogP contribution >= 0.6 is 0 Å². The Morgan fingerprint density at radius 3 is 2.69 bits per heavy atom. The molecule has 0 radical (unpaired) electrons. The first kappa shape index (κ1) is 12.3. The molecule has 78 valence electrons. The third-order valence-electron chi connectivity index (χ3n) is 1.39. The fraction of sp³-hybridized carbons (Fsp3) is 0.875. The van der Waals surface area contributed by atoms with E-state index in [-0.39, 0.29) is 12.7 Å². The van der Waals surface area contributed by atoms with Crippen LogP contribution < -0.4 is 0 Å². The molecule has 2 unspecified atom stereocenters. The number of rotatable bonds is 7. The summed E-state index contributed by atoms with van der Waals surface area (Å²) in [5, 5.41) is 21.1. The molecule has 0 aliphatic rings. The van der Waals surface area contributed by atoms with Crippen LogP contribution in [0.5, 0.6) is 0 Å². The van der Waals surface area contributed by atoms with E-state index in [1.807, 2.05) is 0 Å². The standard InChI is InChI=1S/C8H17NO4/c1-7(11)13-8(4-6-10)3-5-9-12-2/h5,7-8,10-11H,3-4,6H2,1-2H3/b9-5+. The van der Waals surface area contributed by atoms with Gasteiger partial charge in [0.2, 0.25) is 0 Å². The van der Waals surface area contributed by atoms with Crippen molar-refractivity contribution in [3.05, 3.63) is 0 Å². The zero-order valence-corrected chi connectivity index (χ0v) is 8.01. The topological polar surface area (TPSA) is 71.3 Å². The van der Waals surface area contributed by atoms with Crippen molar-refractivity contribution in [3.8, 4) is 0 Å². The predicted molar refractivity (Wildman–Crippen MR) is 48.4 cm³/mol. The Labute approximate surface area is 78.0 Å². The number of oxime groups is 1. The molecule has 0 heterocycles. The first-order valence-electron chi connectivity index (χ1n) is 4.20. The highest BCUT2D eigenvalue weighted by molar-refractivity contribution is 5.56. The molecule has 0 amide bonds. The van der Waals surface area contributed by atoms with Gasteiger partial charge in [0.25, 0.3) is 0 Å². The van der Waals surface area contributed by atoms with E-state index >= 15 is 0 Å². The molecule has 0 spiro atoms. The van der Waals surface area contributed by atoms with E-state index in [1.165, 1.54) is 14.0 Å². The van der Waals surface area contributed by atoms with Crippen molar-refractivity contribution in [2.45, 2.75) is 32.2 Å². The fourth-order valence-electron chi connectivity index (χ4n) is 0.899. The number of aliphatic hydroxyl groups excluding tert-OH is 2. The van der Waals surface area contributed by atoms with Gasteiger partial charge in [-0.3, -0.25) is 0 Å². The smallest absolute Gasteiger partial charge is 0.152 e. The van der Waals surface area contributed by atoms with Gasteiger partial charge in [-0.05, 0) is 13.3 Å². The molecule has 0 fully saturated rings. The molecule has 0 bridgehead atoms. The van der Waals surface area contributed by atoms with Crippen molar-refractivity contribution in [2.75, 3.05) is 13.7 Å². The number of nitrogens with zero attached hydrogens (tertiary/aromatic N) is 1. The summed E-state index contributed by atoms with van der Waals surface area (Å²) in [6.45, 7) is 1.55. The quantitative estimate of drug-likeness (QED) is 0.340. The maximum atomic E-state index is 8.93. The average Bonchev–Trinajstić information content (AvgIpc) is 2.04. The lowest BCUT2D eigenvalue weighted by molar-refractivity contribution is -0.125. The van der Waals surface area contributed by atoms with Gasteiger partial charge < -0.3 is 19.8 Å². The second kappa shape index (κ2) is 7.97. The van der Waals surface area contributed by atoms with Crippen LogP contribution in [0.25, 0.3) is 0 Å². The van der Waals surface area contributed by atoms with Crippen molar-refractivity contribution < 1.29 is 19.8 Å². The molecule has 0 aliphatic carbocycles. The number of ether oxygens (including phenoxy) is 1. The van der Waals surface area contributed by atoms with Gasteiger partial charge in [0.15, 0.2) is 6.29 Å². The summed E-state index contributed by atoms with van der Waals surface area (Å²) in [7, 11) is 1.45. The monoisotopic (exact) mass is 191 g/mol. The van der Waals surface area contributed by atoms with E-state index in [0.29, 0.717) is 12.8 Å². The van der Waals surface area contributed by atoms with Crippen molar-refractivity contribution in [3.63, 3.8) is 0 Å². The molecule has 5 nitrogen and oxygen atoms in total. The lowest BCUT2D eigenvalue weighted by Crippen LogP contribution is -2.21. The first-order chi connectivity index (χ1) is 6.20. The summed E-state index contributed by atoms with van der Waals surface area (Å²) in [5.41, 5.74) is 0. The average molecular weight is 191 g/mol. The number of aliphatic hydroxyl groups is 2. The molecule has 13 heavy (non-hydrogen) atoms. The summed E-state index contributed by atoms with van der Waals surface area (Å²) in [6, 6.07) is 0. The minimum Gasteiger partial charge on any atom is -0.399 e. The zero-order valence-electron chi connectivity index (χ0n) is 8.01. The summed E-state index contributed by atoms with van der Waals surface area (Å²) >= 11 is 0. The van der Waals surface area contributed by atoms with Gasteiger partial charge in [0.1, 0.15) is 7.11 Å². The highest BCUT2D eigenvalue weighted by Gasteiger charge is 2.09. The second-order valence-electron chi connectivity index (χ2n) is 2.58. The molecule has 0 aromatic carbocycles. The van der Waals surface area contributed by atoms with Crippen molar-refractivity contribution in [2.24, 2.45) is 5.16 Å². The van der Waals surface area contributed by atoms with Crippen LogP contribution in [0.2, 0.25) is 0 Å². The molecule has 0 aromatic rings. The molecule has 2 N–H and O–H groups in total. The van der Waals surface area contributed by atoms with Crippen molar-refractivity contribution in [1.82, 2.24) is 0 Å². The van der Waals surface area contributed by atoms with E-state index in [0.717, 1.165) is 0 Å². The van der Waals surface area contributed by atoms with Gasteiger partial charge in [0.05, 0.1) is 6.10 Å². The zero-order chi connectivity index (χ0) is 10.1. The largest absolute Gasteiger partial charge is 0.399 e. The summed E-state index contributed by atoms with van der Waals surface area (Å²) in [6.07, 6.45) is 1.49. The van der Waals surface area contributed by atoms with E-state index in [4.69, 9.17) is 14.9 Å².